The molecule has 8 heteroatoms. The first kappa shape index (κ1) is 25.0. The standard InChI is InChI=1S/C24H36N6O.HI/c1-3-25-24(30-13-14-31-23(19-30)21-15-27-28(2)18-21)26-16-22-11-7-8-12-29(22)17-20-9-5-4-6-10-20;/h4-6,9-10,15,18,22-23H,3,7-8,11-14,16-17,19H2,1-2H3,(H,25,26);1H. The van der Waals surface area contributed by atoms with Crippen molar-refractivity contribution in [2.24, 2.45) is 12.0 Å². The maximum absolute atomic E-state index is 6.03. The van der Waals surface area contributed by atoms with Gasteiger partial charge in [0.1, 0.15) is 6.10 Å². The Labute approximate surface area is 209 Å². The van der Waals surface area contributed by atoms with Crippen LogP contribution in [0.1, 0.15) is 43.4 Å². The molecule has 0 spiro atoms. The summed E-state index contributed by atoms with van der Waals surface area (Å²) >= 11 is 0. The summed E-state index contributed by atoms with van der Waals surface area (Å²) in [6, 6.07) is 11.3. The van der Waals surface area contributed by atoms with Crippen LogP contribution in [0.4, 0.5) is 0 Å². The van der Waals surface area contributed by atoms with Crippen LogP contribution in [0.15, 0.2) is 47.7 Å². The lowest BCUT2D eigenvalue weighted by atomic mass is 10.0. The molecule has 0 amide bonds. The van der Waals surface area contributed by atoms with Crippen molar-refractivity contribution in [2.45, 2.75) is 44.9 Å². The van der Waals surface area contributed by atoms with Crippen molar-refractivity contribution in [3.05, 3.63) is 53.9 Å². The second kappa shape index (κ2) is 12.6. The molecule has 2 atom stereocenters. The summed E-state index contributed by atoms with van der Waals surface area (Å²) in [4.78, 5) is 10.1. The second-order valence-corrected chi connectivity index (χ2v) is 8.55. The van der Waals surface area contributed by atoms with E-state index in [1.165, 1.54) is 24.8 Å². The fourth-order valence-electron chi connectivity index (χ4n) is 4.56. The molecule has 0 radical (unpaired) electrons. The van der Waals surface area contributed by atoms with Crippen molar-refractivity contribution in [2.75, 3.05) is 39.3 Å². The molecule has 1 aromatic heterocycles. The molecule has 0 saturated carbocycles. The number of rotatable bonds is 6. The van der Waals surface area contributed by atoms with Crippen molar-refractivity contribution >= 4 is 29.9 Å². The quantitative estimate of drug-likeness (QED) is 0.338. The highest BCUT2D eigenvalue weighted by molar-refractivity contribution is 14.0. The smallest absolute Gasteiger partial charge is 0.194 e. The number of nitrogens with zero attached hydrogens (tertiary/aromatic N) is 5. The lowest BCUT2D eigenvalue weighted by molar-refractivity contribution is -0.00810. The average Bonchev–Trinajstić information content (AvgIpc) is 3.25. The molecular weight excluding hydrogens is 515 g/mol. The Hall–Kier alpha value is -1.65. The van der Waals surface area contributed by atoms with E-state index in [-0.39, 0.29) is 30.1 Å². The van der Waals surface area contributed by atoms with Crippen LogP contribution in [0.3, 0.4) is 0 Å². The molecule has 1 aromatic carbocycles. The van der Waals surface area contributed by atoms with Gasteiger partial charge < -0.3 is 15.0 Å². The van der Waals surface area contributed by atoms with Gasteiger partial charge in [-0.3, -0.25) is 14.6 Å². The number of hydrogen-bond donors (Lipinski definition) is 1. The van der Waals surface area contributed by atoms with Crippen molar-refractivity contribution in [1.29, 1.82) is 0 Å². The zero-order valence-electron chi connectivity index (χ0n) is 19.3. The Morgan fingerprint density at radius 2 is 2.06 bits per heavy atom. The number of likely N-dealkylation sites (tertiary alicyclic amines) is 1. The minimum atomic E-state index is 0. The highest BCUT2D eigenvalue weighted by Gasteiger charge is 2.26. The first-order valence-corrected chi connectivity index (χ1v) is 11.6. The van der Waals surface area contributed by atoms with Gasteiger partial charge in [0, 0.05) is 44.5 Å². The SMILES string of the molecule is CCNC(=NCC1CCCCN1Cc1ccccc1)N1CCOC(c2cnn(C)c2)C1.I. The molecule has 3 heterocycles. The maximum atomic E-state index is 6.03. The molecule has 0 aliphatic carbocycles. The molecule has 1 N–H and O–H groups in total. The first-order chi connectivity index (χ1) is 15.2. The number of piperidine rings is 1. The maximum Gasteiger partial charge on any atom is 0.194 e. The normalized spacial score (nSPS) is 22.4. The number of halogens is 1. The number of nitrogens with one attached hydrogen (secondary N) is 1. The van der Waals surface area contributed by atoms with Gasteiger partial charge in [-0.2, -0.15) is 5.10 Å². The van der Waals surface area contributed by atoms with Crippen LogP contribution in [0, 0.1) is 0 Å². The number of aliphatic imine (C=N–C) groups is 1. The third-order valence-electron chi connectivity index (χ3n) is 6.23. The van der Waals surface area contributed by atoms with Crippen LogP contribution >= 0.6 is 24.0 Å². The summed E-state index contributed by atoms with van der Waals surface area (Å²) in [5.74, 6) is 1.00. The number of morpholine rings is 1. The molecule has 0 bridgehead atoms. The van der Waals surface area contributed by atoms with Gasteiger partial charge in [0.25, 0.3) is 0 Å². The Balaban J connectivity index is 0.00000289. The van der Waals surface area contributed by atoms with Crippen molar-refractivity contribution < 1.29 is 4.74 Å². The zero-order chi connectivity index (χ0) is 21.5. The van der Waals surface area contributed by atoms with Gasteiger partial charge in [0.15, 0.2) is 5.96 Å². The molecule has 2 aromatic rings. The highest BCUT2D eigenvalue weighted by Crippen LogP contribution is 2.23. The number of guanidine groups is 1. The van der Waals surface area contributed by atoms with Gasteiger partial charge in [-0.25, -0.2) is 0 Å². The van der Waals surface area contributed by atoms with E-state index >= 15 is 0 Å². The largest absolute Gasteiger partial charge is 0.370 e. The monoisotopic (exact) mass is 552 g/mol. The Bertz CT molecular complexity index is 842. The Morgan fingerprint density at radius 3 is 2.81 bits per heavy atom. The first-order valence-electron chi connectivity index (χ1n) is 11.6. The van der Waals surface area contributed by atoms with Gasteiger partial charge in [0.05, 0.1) is 25.9 Å². The molecule has 2 fully saturated rings. The molecule has 2 unspecified atom stereocenters. The fraction of sp³-hybridized carbons (Fsp3) is 0.583. The number of aromatic nitrogens is 2. The fourth-order valence-corrected chi connectivity index (χ4v) is 4.56. The van der Waals surface area contributed by atoms with E-state index in [2.05, 4.69) is 57.5 Å². The van der Waals surface area contributed by atoms with Crippen LogP contribution in [-0.4, -0.2) is 70.9 Å². The summed E-state index contributed by atoms with van der Waals surface area (Å²) < 4.78 is 7.86. The predicted molar refractivity (Wildman–Crippen MR) is 139 cm³/mol. The molecular formula is C24H37IN6O. The zero-order valence-corrected chi connectivity index (χ0v) is 21.7. The molecule has 4 rings (SSSR count). The van der Waals surface area contributed by atoms with E-state index in [9.17, 15) is 0 Å². The van der Waals surface area contributed by atoms with Gasteiger partial charge in [-0.15, -0.1) is 24.0 Å². The third kappa shape index (κ3) is 6.68. The predicted octanol–water partition coefficient (Wildman–Crippen LogP) is 3.43. The summed E-state index contributed by atoms with van der Waals surface area (Å²) in [5.41, 5.74) is 2.52. The van der Waals surface area contributed by atoms with Crippen molar-refractivity contribution in [3.63, 3.8) is 0 Å². The van der Waals surface area contributed by atoms with E-state index in [0.717, 1.165) is 50.8 Å². The third-order valence-corrected chi connectivity index (χ3v) is 6.23. The molecule has 176 valence electrons. The summed E-state index contributed by atoms with van der Waals surface area (Å²) in [7, 11) is 1.95. The number of ether oxygens (including phenoxy) is 1. The van der Waals surface area contributed by atoms with Crippen LogP contribution in [0.2, 0.25) is 0 Å². The molecule has 2 saturated heterocycles. The van der Waals surface area contributed by atoms with E-state index < -0.39 is 0 Å². The second-order valence-electron chi connectivity index (χ2n) is 8.55. The van der Waals surface area contributed by atoms with Crippen LogP contribution in [-0.2, 0) is 18.3 Å². The lowest BCUT2D eigenvalue weighted by Crippen LogP contribution is -2.49. The van der Waals surface area contributed by atoms with Crippen molar-refractivity contribution in [3.8, 4) is 0 Å². The summed E-state index contributed by atoms with van der Waals surface area (Å²) in [6.45, 7) is 8.38. The van der Waals surface area contributed by atoms with E-state index in [0.29, 0.717) is 12.6 Å². The molecule has 2 aliphatic heterocycles. The Morgan fingerprint density at radius 1 is 1.22 bits per heavy atom. The van der Waals surface area contributed by atoms with Crippen molar-refractivity contribution in [1.82, 2.24) is 24.9 Å². The molecule has 32 heavy (non-hydrogen) atoms. The minimum absolute atomic E-state index is 0. The van der Waals surface area contributed by atoms with E-state index in [1.54, 1.807) is 0 Å². The van der Waals surface area contributed by atoms with Gasteiger partial charge in [0.2, 0.25) is 0 Å². The van der Waals surface area contributed by atoms with E-state index in [1.807, 2.05) is 24.1 Å². The molecule has 2 aliphatic rings. The van der Waals surface area contributed by atoms with Gasteiger partial charge in [-0.1, -0.05) is 36.8 Å². The highest BCUT2D eigenvalue weighted by atomic mass is 127. The van der Waals surface area contributed by atoms with Crippen LogP contribution < -0.4 is 5.32 Å². The van der Waals surface area contributed by atoms with Gasteiger partial charge >= 0.3 is 0 Å². The van der Waals surface area contributed by atoms with Crippen LogP contribution in [0.5, 0.6) is 0 Å². The summed E-state index contributed by atoms with van der Waals surface area (Å²) in [6.07, 6.45) is 7.78. The average molecular weight is 553 g/mol. The number of benzene rings is 1. The minimum Gasteiger partial charge on any atom is -0.370 e. The lowest BCUT2D eigenvalue weighted by Gasteiger charge is -2.37. The molecule has 7 nitrogen and oxygen atoms in total. The van der Waals surface area contributed by atoms with Crippen LogP contribution in [0.25, 0.3) is 0 Å². The Kier molecular flexibility index (Phi) is 9.80. The number of aryl methyl sites for hydroxylation is 1. The topological polar surface area (TPSA) is 57.9 Å². The van der Waals surface area contributed by atoms with E-state index in [4.69, 9.17) is 9.73 Å². The van der Waals surface area contributed by atoms with Gasteiger partial charge in [-0.05, 0) is 31.9 Å². The summed E-state index contributed by atoms with van der Waals surface area (Å²) in [5, 5.41) is 7.82. The number of hydrogen-bond acceptors (Lipinski definition) is 4.